The van der Waals surface area contributed by atoms with Gasteiger partial charge in [-0.1, -0.05) is 42.7 Å². The van der Waals surface area contributed by atoms with E-state index in [1.165, 1.54) is 11.1 Å². The second-order valence-corrected chi connectivity index (χ2v) is 10.3. The molecule has 0 saturated heterocycles. The average Bonchev–Trinajstić information content (AvgIpc) is 3.58. The van der Waals surface area contributed by atoms with Gasteiger partial charge in [-0.2, -0.15) is 0 Å². The third-order valence-corrected chi connectivity index (χ3v) is 7.70. The Morgan fingerprint density at radius 1 is 1.26 bits per heavy atom. The summed E-state index contributed by atoms with van der Waals surface area (Å²) < 4.78 is 5.33. The fourth-order valence-electron chi connectivity index (χ4n) is 5.68. The van der Waals surface area contributed by atoms with Crippen LogP contribution in [0.2, 0.25) is 0 Å². The molecular weight excluding hydrogens is 476 g/mol. The molecule has 1 amide bonds. The minimum atomic E-state index is 0.0586. The van der Waals surface area contributed by atoms with Crippen LogP contribution in [0.1, 0.15) is 68.2 Å². The molecule has 196 valence electrons. The number of nitrogens with zero attached hydrogens (tertiary/aromatic N) is 3. The molecule has 2 aromatic rings. The third-order valence-electron chi connectivity index (χ3n) is 7.70. The number of carbonyl (C=O) groups is 1. The normalized spacial score (nSPS) is 22.5. The quantitative estimate of drug-likeness (QED) is 0.495. The molecule has 38 heavy (non-hydrogen) atoms. The van der Waals surface area contributed by atoms with Crippen molar-refractivity contribution in [1.82, 2.24) is 20.6 Å². The van der Waals surface area contributed by atoms with E-state index in [0.29, 0.717) is 19.5 Å². The van der Waals surface area contributed by atoms with Gasteiger partial charge in [-0.15, -0.1) is 0 Å². The van der Waals surface area contributed by atoms with E-state index in [1.54, 1.807) is 18.7 Å². The minimum Gasteiger partial charge on any atom is -0.472 e. The van der Waals surface area contributed by atoms with E-state index in [0.717, 1.165) is 78.4 Å². The van der Waals surface area contributed by atoms with Gasteiger partial charge in [0.15, 0.2) is 5.82 Å². The first-order valence-corrected chi connectivity index (χ1v) is 13.7. The second kappa shape index (κ2) is 10.8. The second-order valence-electron chi connectivity index (χ2n) is 10.3. The van der Waals surface area contributed by atoms with Gasteiger partial charge in [0.05, 0.1) is 41.9 Å². The summed E-state index contributed by atoms with van der Waals surface area (Å²) in [4.78, 5) is 30.6. The van der Waals surface area contributed by atoms with Gasteiger partial charge in [-0.05, 0) is 31.7 Å². The first kappa shape index (κ1) is 24.4. The van der Waals surface area contributed by atoms with Crippen LogP contribution in [0.15, 0.2) is 74.3 Å². The number of aromatic amines is 1. The number of imidazole rings is 1. The Morgan fingerprint density at radius 2 is 2.18 bits per heavy atom. The Hall–Kier alpha value is -3.94. The number of carbonyl (C=O) groups excluding carboxylic acids is 1. The lowest BCUT2D eigenvalue weighted by Gasteiger charge is -2.28. The number of rotatable bonds is 7. The predicted molar refractivity (Wildman–Crippen MR) is 149 cm³/mol. The number of unbranched alkanes of at least 4 members (excludes halogenated alkanes) is 1. The highest BCUT2D eigenvalue weighted by Crippen LogP contribution is 2.37. The molecule has 4 aliphatic rings. The largest absolute Gasteiger partial charge is 0.472 e. The Balaban J connectivity index is 1.24. The Morgan fingerprint density at radius 3 is 3.05 bits per heavy atom. The van der Waals surface area contributed by atoms with Gasteiger partial charge in [0, 0.05) is 54.9 Å². The zero-order valence-corrected chi connectivity index (χ0v) is 21.8. The predicted octanol–water partition coefficient (Wildman–Crippen LogP) is 4.84. The fourth-order valence-corrected chi connectivity index (χ4v) is 5.68. The van der Waals surface area contributed by atoms with E-state index >= 15 is 0 Å². The van der Waals surface area contributed by atoms with E-state index in [9.17, 15) is 4.79 Å². The number of hydrogen-bond acceptors (Lipinski definition) is 6. The van der Waals surface area contributed by atoms with Crippen molar-refractivity contribution in [3.05, 3.63) is 82.6 Å². The van der Waals surface area contributed by atoms with Crippen LogP contribution in [-0.4, -0.2) is 40.9 Å². The Labute approximate surface area is 222 Å². The molecule has 5 heterocycles. The highest BCUT2D eigenvalue weighted by Gasteiger charge is 2.32. The number of H-pyrrole nitrogens is 1. The molecule has 8 heteroatoms. The van der Waals surface area contributed by atoms with E-state index < -0.39 is 0 Å². The molecule has 6 rings (SSSR count). The number of nitrogens with one attached hydrogen (secondary N) is 3. The Bertz CT molecular complexity index is 1390. The van der Waals surface area contributed by atoms with Crippen LogP contribution in [0, 0.1) is 11.8 Å². The molecule has 3 aliphatic heterocycles. The molecule has 2 unspecified atom stereocenters. The monoisotopic (exact) mass is 510 g/mol. The van der Waals surface area contributed by atoms with Crippen LogP contribution in [0.5, 0.6) is 0 Å². The molecule has 0 saturated carbocycles. The van der Waals surface area contributed by atoms with Gasteiger partial charge in [0.25, 0.3) is 0 Å². The molecule has 0 bridgehead atoms. The average molecular weight is 511 g/mol. The summed E-state index contributed by atoms with van der Waals surface area (Å²) in [7, 11) is 0. The Kier molecular flexibility index (Phi) is 6.94. The van der Waals surface area contributed by atoms with E-state index in [4.69, 9.17) is 14.4 Å². The topological polar surface area (TPSA) is 108 Å². The molecule has 3 N–H and O–H groups in total. The zero-order chi connectivity index (χ0) is 25.9. The number of furan rings is 1. The van der Waals surface area contributed by atoms with Crippen molar-refractivity contribution in [2.45, 2.75) is 52.0 Å². The lowest BCUT2D eigenvalue weighted by atomic mass is 9.78. The highest BCUT2D eigenvalue weighted by atomic mass is 16.3. The van der Waals surface area contributed by atoms with E-state index in [1.807, 2.05) is 12.3 Å². The maximum Gasteiger partial charge on any atom is 0.224 e. The lowest BCUT2D eigenvalue weighted by Crippen LogP contribution is -2.28. The maximum atomic E-state index is 12.3. The summed E-state index contributed by atoms with van der Waals surface area (Å²) in [5.41, 5.74) is 8.63. The summed E-state index contributed by atoms with van der Waals surface area (Å²) in [6.07, 6.45) is 19.4. The molecule has 2 atom stereocenters. The first-order chi connectivity index (χ1) is 18.7. The lowest BCUT2D eigenvalue weighted by molar-refractivity contribution is -0.120. The minimum absolute atomic E-state index is 0.0586. The number of aromatic nitrogens is 2. The van der Waals surface area contributed by atoms with Crippen molar-refractivity contribution < 1.29 is 9.21 Å². The van der Waals surface area contributed by atoms with Crippen LogP contribution in [0.3, 0.4) is 0 Å². The van der Waals surface area contributed by atoms with E-state index in [-0.39, 0.29) is 17.7 Å². The number of allylic oxidation sites excluding steroid dienone is 4. The first-order valence-electron chi connectivity index (χ1n) is 13.7. The fraction of sp³-hybridized carbons (Fsp3) is 0.400. The smallest absolute Gasteiger partial charge is 0.224 e. The number of dihydropyridines is 1. The van der Waals surface area contributed by atoms with Crippen molar-refractivity contribution in [3.8, 4) is 0 Å². The van der Waals surface area contributed by atoms with Crippen molar-refractivity contribution in [1.29, 1.82) is 0 Å². The van der Waals surface area contributed by atoms with Gasteiger partial charge >= 0.3 is 0 Å². The molecule has 2 aromatic heterocycles. The molecular formula is C30H34N6O2. The SMILES string of the molecule is CCCCC(=O)NC1=CC(C2=CC=C3CCCN=C(c4nc5c([nH]4)CNC=C5c4ccoc4)C3C2)CN=C1. The van der Waals surface area contributed by atoms with E-state index in [2.05, 4.69) is 45.8 Å². The molecule has 0 spiro atoms. The molecule has 0 fully saturated rings. The summed E-state index contributed by atoms with van der Waals surface area (Å²) in [6, 6.07) is 1.96. The van der Waals surface area contributed by atoms with Gasteiger partial charge in [-0.3, -0.25) is 14.8 Å². The van der Waals surface area contributed by atoms with Crippen LogP contribution in [-0.2, 0) is 11.3 Å². The third kappa shape index (κ3) is 4.95. The highest BCUT2D eigenvalue weighted by molar-refractivity contribution is 6.02. The molecule has 1 aliphatic carbocycles. The van der Waals surface area contributed by atoms with Crippen molar-refractivity contribution in [3.63, 3.8) is 0 Å². The molecule has 0 radical (unpaired) electrons. The standard InChI is InChI=1S/C30H34N6O2/c1-2-3-6-27(37)34-23-12-22(14-31-15-23)20-8-7-19-5-4-10-33-29(24(19)13-20)30-35-26-17-32-16-25(28(26)36-30)21-9-11-38-18-21/h7-9,11-12,15-16,18,22,24,32H,2-6,10,13-14,17H2,1H3,(H,34,37)(H,35,36). The number of hydrogen-bond donors (Lipinski definition) is 3. The molecule has 0 aromatic carbocycles. The zero-order valence-electron chi connectivity index (χ0n) is 21.8. The number of aliphatic imine (C=N–C) groups is 2. The van der Waals surface area contributed by atoms with Crippen LogP contribution < -0.4 is 10.6 Å². The van der Waals surface area contributed by atoms with Gasteiger partial charge in [0.1, 0.15) is 0 Å². The van der Waals surface area contributed by atoms with Crippen LogP contribution >= 0.6 is 0 Å². The summed E-state index contributed by atoms with van der Waals surface area (Å²) in [6.45, 7) is 4.29. The number of amides is 1. The van der Waals surface area contributed by atoms with Gasteiger partial charge < -0.3 is 20.0 Å². The number of fused-ring (bicyclic) bond motifs is 2. The van der Waals surface area contributed by atoms with Crippen LogP contribution in [0.4, 0.5) is 0 Å². The van der Waals surface area contributed by atoms with Gasteiger partial charge in [-0.25, -0.2) is 4.98 Å². The van der Waals surface area contributed by atoms with Crippen molar-refractivity contribution >= 4 is 23.4 Å². The molecule has 8 nitrogen and oxygen atoms in total. The van der Waals surface area contributed by atoms with Crippen molar-refractivity contribution in [2.75, 3.05) is 13.1 Å². The van der Waals surface area contributed by atoms with Crippen LogP contribution in [0.25, 0.3) is 5.57 Å². The van der Waals surface area contributed by atoms with Crippen molar-refractivity contribution in [2.24, 2.45) is 21.8 Å². The maximum absolute atomic E-state index is 12.3. The van der Waals surface area contributed by atoms with Gasteiger partial charge in [0.2, 0.25) is 5.91 Å². The summed E-state index contributed by atoms with van der Waals surface area (Å²) in [5.74, 6) is 1.26. The summed E-state index contributed by atoms with van der Waals surface area (Å²) >= 11 is 0. The summed E-state index contributed by atoms with van der Waals surface area (Å²) in [5, 5.41) is 6.40.